The van der Waals surface area contributed by atoms with Gasteiger partial charge >= 0.3 is 5.97 Å². The van der Waals surface area contributed by atoms with Crippen LogP contribution < -0.4 is 10.1 Å². The standard InChI is InChI=1S/C22H26N2O5/c1-15-13-19(16(2)24(15)3)20(25)14-29-22(27)11-12-23-21(26)10-7-17-5-8-18(28-4)9-6-17/h5-10,13H,11-12,14H2,1-4H3,(H,23,26)/b10-7+. The summed E-state index contributed by atoms with van der Waals surface area (Å²) in [6.07, 6.45) is 3.04. The van der Waals surface area contributed by atoms with Crippen LogP contribution in [0.4, 0.5) is 0 Å². The number of carbonyl (C=O) groups is 3. The second kappa shape index (κ2) is 10.3. The van der Waals surface area contributed by atoms with Crippen LogP contribution in [-0.4, -0.2) is 42.5 Å². The van der Waals surface area contributed by atoms with E-state index in [1.807, 2.05) is 37.6 Å². The maximum absolute atomic E-state index is 12.2. The van der Waals surface area contributed by atoms with Crippen LogP contribution in [0.25, 0.3) is 6.08 Å². The third-order valence-corrected chi connectivity index (χ3v) is 4.61. The molecule has 0 spiro atoms. The average molecular weight is 398 g/mol. The lowest BCUT2D eigenvalue weighted by Crippen LogP contribution is -2.25. The number of nitrogens with one attached hydrogen (secondary N) is 1. The maximum atomic E-state index is 12.2. The van der Waals surface area contributed by atoms with Gasteiger partial charge in [-0.05, 0) is 43.7 Å². The predicted molar refractivity (Wildman–Crippen MR) is 110 cm³/mol. The first-order valence-electron chi connectivity index (χ1n) is 9.23. The number of hydrogen-bond acceptors (Lipinski definition) is 5. The number of methoxy groups -OCH3 is 1. The Morgan fingerprint density at radius 1 is 1.14 bits per heavy atom. The lowest BCUT2D eigenvalue weighted by Gasteiger charge is -2.05. The van der Waals surface area contributed by atoms with Crippen LogP contribution in [0, 0.1) is 13.8 Å². The highest BCUT2D eigenvalue weighted by Gasteiger charge is 2.15. The van der Waals surface area contributed by atoms with Crippen LogP contribution in [-0.2, 0) is 21.4 Å². The lowest BCUT2D eigenvalue weighted by atomic mass is 10.1. The van der Waals surface area contributed by atoms with Crippen molar-refractivity contribution in [1.29, 1.82) is 0 Å². The minimum atomic E-state index is -0.539. The van der Waals surface area contributed by atoms with Crippen LogP contribution in [0.2, 0.25) is 0 Å². The van der Waals surface area contributed by atoms with E-state index in [-0.39, 0.29) is 31.3 Å². The summed E-state index contributed by atoms with van der Waals surface area (Å²) >= 11 is 0. The van der Waals surface area contributed by atoms with Crippen molar-refractivity contribution in [3.8, 4) is 5.75 Å². The molecule has 1 N–H and O–H groups in total. The molecule has 0 radical (unpaired) electrons. The van der Waals surface area contributed by atoms with Crippen molar-refractivity contribution in [2.45, 2.75) is 20.3 Å². The molecule has 7 nitrogen and oxygen atoms in total. The zero-order valence-corrected chi connectivity index (χ0v) is 17.2. The first-order valence-corrected chi connectivity index (χ1v) is 9.23. The third kappa shape index (κ3) is 6.34. The first kappa shape index (κ1) is 21.9. The predicted octanol–water partition coefficient (Wildman–Crippen LogP) is 2.60. The van der Waals surface area contributed by atoms with Crippen molar-refractivity contribution < 1.29 is 23.9 Å². The smallest absolute Gasteiger partial charge is 0.308 e. The molecule has 29 heavy (non-hydrogen) atoms. The molecule has 2 rings (SSSR count). The number of aromatic nitrogens is 1. The van der Waals surface area contributed by atoms with Gasteiger partial charge in [-0.1, -0.05) is 12.1 Å². The van der Waals surface area contributed by atoms with Gasteiger partial charge in [0.25, 0.3) is 0 Å². The number of rotatable bonds is 9. The molecule has 1 aromatic carbocycles. The zero-order valence-electron chi connectivity index (χ0n) is 17.2. The number of hydrogen-bond donors (Lipinski definition) is 1. The molecule has 1 amide bonds. The normalized spacial score (nSPS) is 10.8. The molecule has 0 saturated heterocycles. The maximum Gasteiger partial charge on any atom is 0.308 e. The average Bonchev–Trinajstić information content (AvgIpc) is 2.98. The second-order valence-electron chi connectivity index (χ2n) is 6.58. The number of Topliss-reactive ketones (excluding diaryl/α,β-unsaturated/α-hetero) is 1. The van der Waals surface area contributed by atoms with Gasteiger partial charge in [0.15, 0.2) is 6.61 Å². The lowest BCUT2D eigenvalue weighted by molar-refractivity contribution is -0.142. The van der Waals surface area contributed by atoms with Crippen LogP contribution in [0.5, 0.6) is 5.75 Å². The van der Waals surface area contributed by atoms with E-state index in [1.54, 1.807) is 31.4 Å². The Balaban J connectivity index is 1.70. The van der Waals surface area contributed by atoms with E-state index in [9.17, 15) is 14.4 Å². The van der Waals surface area contributed by atoms with E-state index in [0.717, 1.165) is 22.7 Å². The molecule has 0 saturated carbocycles. The van der Waals surface area contributed by atoms with Crippen molar-refractivity contribution in [2.75, 3.05) is 20.3 Å². The van der Waals surface area contributed by atoms with E-state index in [2.05, 4.69) is 5.32 Å². The summed E-state index contributed by atoms with van der Waals surface area (Å²) in [5, 5.41) is 2.61. The molecule has 2 aromatic rings. The Labute approximate surface area is 170 Å². The highest BCUT2D eigenvalue weighted by molar-refractivity contribution is 5.99. The molecule has 0 aliphatic carbocycles. The topological polar surface area (TPSA) is 86.6 Å². The molecule has 0 atom stereocenters. The quantitative estimate of drug-likeness (QED) is 0.399. The minimum Gasteiger partial charge on any atom is -0.497 e. The molecular weight excluding hydrogens is 372 g/mol. The molecular formula is C22H26N2O5. The van der Waals surface area contributed by atoms with Crippen molar-refractivity contribution in [2.24, 2.45) is 7.05 Å². The molecule has 0 aliphatic rings. The van der Waals surface area contributed by atoms with Gasteiger partial charge in [-0.25, -0.2) is 0 Å². The minimum absolute atomic E-state index is 0.0117. The van der Waals surface area contributed by atoms with Crippen LogP contribution in [0.3, 0.4) is 0 Å². The highest BCUT2D eigenvalue weighted by Crippen LogP contribution is 2.14. The van der Waals surface area contributed by atoms with Gasteiger partial charge in [0.1, 0.15) is 5.75 Å². The van der Waals surface area contributed by atoms with Gasteiger partial charge in [-0.15, -0.1) is 0 Å². The zero-order chi connectivity index (χ0) is 21.4. The SMILES string of the molecule is COc1ccc(/C=C/C(=O)NCCC(=O)OCC(=O)c2cc(C)n(C)c2C)cc1. The van der Waals surface area contributed by atoms with Crippen molar-refractivity contribution in [3.63, 3.8) is 0 Å². The molecule has 1 heterocycles. The number of carbonyl (C=O) groups excluding carboxylic acids is 3. The summed E-state index contributed by atoms with van der Waals surface area (Å²) in [6.45, 7) is 3.56. The number of esters is 1. The Morgan fingerprint density at radius 3 is 2.41 bits per heavy atom. The molecule has 1 aromatic heterocycles. The fourth-order valence-corrected chi connectivity index (χ4v) is 2.67. The van der Waals surface area contributed by atoms with E-state index in [1.165, 1.54) is 6.08 Å². The molecule has 7 heteroatoms. The number of aryl methyl sites for hydroxylation is 1. The van der Waals surface area contributed by atoms with Gasteiger partial charge in [0, 0.05) is 36.6 Å². The number of nitrogens with zero attached hydrogens (tertiary/aromatic N) is 1. The molecule has 0 unspecified atom stereocenters. The fraction of sp³-hybridized carbons (Fsp3) is 0.318. The van der Waals surface area contributed by atoms with Crippen LogP contribution in [0.15, 0.2) is 36.4 Å². The van der Waals surface area contributed by atoms with E-state index in [4.69, 9.17) is 9.47 Å². The molecule has 0 bridgehead atoms. The monoisotopic (exact) mass is 398 g/mol. The van der Waals surface area contributed by atoms with Gasteiger partial charge in [0.05, 0.1) is 13.5 Å². The summed E-state index contributed by atoms with van der Waals surface area (Å²) < 4.78 is 12.0. The highest BCUT2D eigenvalue weighted by atomic mass is 16.5. The van der Waals surface area contributed by atoms with E-state index in [0.29, 0.717) is 5.56 Å². The van der Waals surface area contributed by atoms with Gasteiger partial charge in [-0.3, -0.25) is 14.4 Å². The van der Waals surface area contributed by atoms with Gasteiger partial charge in [-0.2, -0.15) is 0 Å². The van der Waals surface area contributed by atoms with Crippen LogP contribution >= 0.6 is 0 Å². The number of ketones is 1. The Kier molecular flexibility index (Phi) is 7.77. The molecule has 154 valence electrons. The Hall–Kier alpha value is -3.35. The summed E-state index contributed by atoms with van der Waals surface area (Å²) in [5.74, 6) is -0.365. The summed E-state index contributed by atoms with van der Waals surface area (Å²) in [7, 11) is 3.46. The summed E-state index contributed by atoms with van der Waals surface area (Å²) in [5.41, 5.74) is 3.20. The summed E-state index contributed by atoms with van der Waals surface area (Å²) in [6, 6.07) is 9.03. The van der Waals surface area contributed by atoms with Gasteiger partial charge in [0.2, 0.25) is 11.7 Å². The van der Waals surface area contributed by atoms with Gasteiger partial charge < -0.3 is 19.4 Å². The number of benzene rings is 1. The second-order valence-corrected chi connectivity index (χ2v) is 6.58. The van der Waals surface area contributed by atoms with Crippen molar-refractivity contribution >= 4 is 23.7 Å². The summed E-state index contributed by atoms with van der Waals surface area (Å²) in [4.78, 5) is 35.8. The number of amides is 1. The molecule has 0 fully saturated rings. The fourth-order valence-electron chi connectivity index (χ4n) is 2.67. The largest absolute Gasteiger partial charge is 0.497 e. The van der Waals surface area contributed by atoms with Crippen molar-refractivity contribution in [1.82, 2.24) is 9.88 Å². The Morgan fingerprint density at radius 2 is 1.83 bits per heavy atom. The molecule has 0 aliphatic heterocycles. The van der Waals surface area contributed by atoms with Crippen molar-refractivity contribution in [3.05, 3.63) is 58.9 Å². The third-order valence-electron chi connectivity index (χ3n) is 4.61. The Bertz CT molecular complexity index is 910. The van der Waals surface area contributed by atoms with E-state index >= 15 is 0 Å². The van der Waals surface area contributed by atoms with E-state index < -0.39 is 5.97 Å². The first-order chi connectivity index (χ1) is 13.8. The number of ether oxygens (including phenoxy) is 2. The van der Waals surface area contributed by atoms with Crippen LogP contribution in [0.1, 0.15) is 33.7 Å².